The van der Waals surface area contributed by atoms with Crippen LogP contribution in [-0.2, 0) is 11.3 Å². The van der Waals surface area contributed by atoms with Crippen LogP contribution >= 0.6 is 0 Å². The Kier molecular flexibility index (Phi) is 1.46. The van der Waals surface area contributed by atoms with Crippen molar-refractivity contribution in [2.24, 2.45) is 0 Å². The molecule has 2 nitrogen and oxygen atoms in total. The summed E-state index contributed by atoms with van der Waals surface area (Å²) in [5, 5.41) is 2.23. The first kappa shape index (κ1) is 8.31. The Morgan fingerprint density at radius 2 is 2.13 bits per heavy atom. The van der Waals surface area contributed by atoms with Crippen molar-refractivity contribution in [2.45, 2.75) is 37.3 Å². The maximum absolute atomic E-state index is 6.05. The van der Waals surface area contributed by atoms with Gasteiger partial charge in [-0.2, -0.15) is 5.06 Å². The Balaban J connectivity index is 1.77. The molecule has 1 saturated carbocycles. The first-order chi connectivity index (χ1) is 7.36. The van der Waals surface area contributed by atoms with Crippen molar-refractivity contribution in [3.63, 3.8) is 0 Å². The molecule has 1 unspecified atom stereocenters. The molecule has 4 rings (SSSR count). The van der Waals surface area contributed by atoms with Gasteiger partial charge in [0.2, 0.25) is 0 Å². The molecule has 0 aromatic heterocycles. The molecule has 0 radical (unpaired) electrons. The smallest absolute Gasteiger partial charge is 0.0921 e. The molecule has 0 N–H and O–H groups in total. The van der Waals surface area contributed by atoms with Gasteiger partial charge in [-0.05, 0) is 30.4 Å². The number of nitrogens with zero attached hydrogens (tertiary/aromatic N) is 1. The number of hydrogen-bond acceptors (Lipinski definition) is 2. The minimum Gasteiger partial charge on any atom is -0.292 e. The maximum Gasteiger partial charge on any atom is 0.0921 e. The van der Waals surface area contributed by atoms with Gasteiger partial charge in [0.1, 0.15) is 0 Å². The summed E-state index contributed by atoms with van der Waals surface area (Å²) in [5.74, 6) is 0. The summed E-state index contributed by atoms with van der Waals surface area (Å²) >= 11 is 0. The van der Waals surface area contributed by atoms with E-state index in [4.69, 9.17) is 4.84 Å². The number of benzene rings is 1. The first-order valence-electron chi connectivity index (χ1n) is 5.90. The lowest BCUT2D eigenvalue weighted by Gasteiger charge is -2.29. The van der Waals surface area contributed by atoms with Gasteiger partial charge in [0, 0.05) is 13.0 Å². The molecule has 2 fully saturated rings. The lowest BCUT2D eigenvalue weighted by atomic mass is 9.91. The SMILES string of the molecule is c1ccc2c(c1)CCN1OC3(CC3)CC21. The molecule has 1 saturated heterocycles. The Hall–Kier alpha value is -0.860. The van der Waals surface area contributed by atoms with Crippen molar-refractivity contribution in [1.82, 2.24) is 5.06 Å². The van der Waals surface area contributed by atoms with Crippen LogP contribution in [-0.4, -0.2) is 17.2 Å². The monoisotopic (exact) mass is 201 g/mol. The highest BCUT2D eigenvalue weighted by Crippen LogP contribution is 2.55. The van der Waals surface area contributed by atoms with E-state index in [-0.39, 0.29) is 5.60 Å². The maximum atomic E-state index is 6.05. The van der Waals surface area contributed by atoms with Gasteiger partial charge < -0.3 is 0 Å². The zero-order chi connectivity index (χ0) is 9.88. The Morgan fingerprint density at radius 1 is 1.27 bits per heavy atom. The minimum atomic E-state index is 0.252. The fourth-order valence-electron chi connectivity index (χ4n) is 3.02. The van der Waals surface area contributed by atoms with Crippen LogP contribution < -0.4 is 0 Å². The molecule has 2 aliphatic heterocycles. The van der Waals surface area contributed by atoms with Crippen molar-refractivity contribution in [3.8, 4) is 0 Å². The number of fused-ring (bicyclic) bond motifs is 3. The van der Waals surface area contributed by atoms with Crippen LogP contribution in [0.15, 0.2) is 24.3 Å². The number of hydroxylamine groups is 2. The van der Waals surface area contributed by atoms with Gasteiger partial charge in [0.05, 0.1) is 11.6 Å². The van der Waals surface area contributed by atoms with Gasteiger partial charge >= 0.3 is 0 Å². The molecule has 1 aromatic rings. The molecule has 0 amide bonds. The Morgan fingerprint density at radius 3 is 3.00 bits per heavy atom. The molecule has 1 aromatic carbocycles. The second-order valence-corrected chi connectivity index (χ2v) is 5.08. The second-order valence-electron chi connectivity index (χ2n) is 5.08. The molecule has 2 heterocycles. The predicted molar refractivity (Wildman–Crippen MR) is 57.3 cm³/mol. The lowest BCUT2D eigenvalue weighted by molar-refractivity contribution is -0.175. The van der Waals surface area contributed by atoms with Gasteiger partial charge in [-0.15, -0.1) is 0 Å². The van der Waals surface area contributed by atoms with E-state index in [0.717, 1.165) is 13.0 Å². The number of rotatable bonds is 0. The van der Waals surface area contributed by atoms with E-state index < -0.39 is 0 Å². The second kappa shape index (κ2) is 2.63. The molecule has 1 spiro atoms. The fourth-order valence-corrected chi connectivity index (χ4v) is 3.02. The molecular weight excluding hydrogens is 186 g/mol. The van der Waals surface area contributed by atoms with Crippen molar-refractivity contribution < 1.29 is 4.84 Å². The molecular formula is C13H15NO. The van der Waals surface area contributed by atoms with E-state index in [0.29, 0.717) is 6.04 Å². The van der Waals surface area contributed by atoms with Crippen LogP contribution in [0.1, 0.15) is 36.4 Å². The van der Waals surface area contributed by atoms with Crippen LogP contribution in [0.25, 0.3) is 0 Å². The summed E-state index contributed by atoms with van der Waals surface area (Å²) in [4.78, 5) is 6.05. The van der Waals surface area contributed by atoms with Gasteiger partial charge in [0.15, 0.2) is 0 Å². The Bertz CT molecular complexity index is 411. The van der Waals surface area contributed by atoms with E-state index >= 15 is 0 Å². The fraction of sp³-hybridized carbons (Fsp3) is 0.538. The molecule has 1 aliphatic carbocycles. The summed E-state index contributed by atoms with van der Waals surface area (Å²) in [6, 6.07) is 9.39. The van der Waals surface area contributed by atoms with Crippen LogP contribution in [0, 0.1) is 0 Å². The van der Waals surface area contributed by atoms with E-state index in [1.54, 1.807) is 0 Å². The first-order valence-corrected chi connectivity index (χ1v) is 5.90. The molecule has 0 bridgehead atoms. The van der Waals surface area contributed by atoms with Gasteiger partial charge in [-0.3, -0.25) is 4.84 Å². The summed E-state index contributed by atoms with van der Waals surface area (Å²) < 4.78 is 0. The summed E-state index contributed by atoms with van der Waals surface area (Å²) in [7, 11) is 0. The van der Waals surface area contributed by atoms with Gasteiger partial charge in [-0.25, -0.2) is 0 Å². The molecule has 1 atom stereocenters. The van der Waals surface area contributed by atoms with Crippen LogP contribution in [0.4, 0.5) is 0 Å². The predicted octanol–water partition coefficient (Wildman–Crippen LogP) is 2.45. The van der Waals surface area contributed by atoms with E-state index in [2.05, 4.69) is 29.3 Å². The highest BCUT2D eigenvalue weighted by molar-refractivity contribution is 5.33. The average Bonchev–Trinajstić information content (AvgIpc) is 2.90. The van der Waals surface area contributed by atoms with Crippen molar-refractivity contribution in [2.75, 3.05) is 6.54 Å². The molecule has 15 heavy (non-hydrogen) atoms. The zero-order valence-electron chi connectivity index (χ0n) is 8.78. The van der Waals surface area contributed by atoms with Crippen molar-refractivity contribution in [3.05, 3.63) is 35.4 Å². The third-order valence-corrected chi connectivity index (χ3v) is 4.05. The average molecular weight is 201 g/mol. The molecule has 78 valence electrons. The van der Waals surface area contributed by atoms with E-state index in [9.17, 15) is 0 Å². The van der Waals surface area contributed by atoms with Crippen molar-refractivity contribution >= 4 is 0 Å². The minimum absolute atomic E-state index is 0.252. The lowest BCUT2D eigenvalue weighted by Crippen LogP contribution is -2.30. The summed E-state index contributed by atoms with van der Waals surface area (Å²) in [6.45, 7) is 1.07. The topological polar surface area (TPSA) is 12.5 Å². The van der Waals surface area contributed by atoms with Crippen LogP contribution in [0.2, 0.25) is 0 Å². The van der Waals surface area contributed by atoms with E-state index in [1.165, 1.54) is 30.4 Å². The zero-order valence-corrected chi connectivity index (χ0v) is 8.78. The number of hydrogen-bond donors (Lipinski definition) is 0. The van der Waals surface area contributed by atoms with Gasteiger partial charge in [0.25, 0.3) is 0 Å². The standard InChI is InChI=1S/C13H15NO/c1-2-4-11-10(3-1)5-8-14-12(11)9-13(15-14)6-7-13/h1-4,12H,5-9H2. The van der Waals surface area contributed by atoms with Gasteiger partial charge in [-0.1, -0.05) is 24.3 Å². The highest BCUT2D eigenvalue weighted by Gasteiger charge is 2.55. The Labute approximate surface area is 89.8 Å². The largest absolute Gasteiger partial charge is 0.292 e. The third kappa shape index (κ3) is 1.12. The summed E-state index contributed by atoms with van der Waals surface area (Å²) in [5.41, 5.74) is 3.29. The quantitative estimate of drug-likeness (QED) is 0.639. The van der Waals surface area contributed by atoms with Crippen LogP contribution in [0.5, 0.6) is 0 Å². The van der Waals surface area contributed by atoms with Crippen LogP contribution in [0.3, 0.4) is 0 Å². The third-order valence-electron chi connectivity index (χ3n) is 4.05. The molecule has 3 aliphatic rings. The van der Waals surface area contributed by atoms with E-state index in [1.807, 2.05) is 0 Å². The molecule has 2 heteroatoms. The normalized spacial score (nSPS) is 31.3. The summed E-state index contributed by atoms with van der Waals surface area (Å²) in [6.07, 6.45) is 4.89. The highest BCUT2D eigenvalue weighted by atomic mass is 16.7. The van der Waals surface area contributed by atoms with Crippen molar-refractivity contribution in [1.29, 1.82) is 0 Å².